The summed E-state index contributed by atoms with van der Waals surface area (Å²) in [5.74, 6) is 0.903. The van der Waals surface area contributed by atoms with Crippen molar-refractivity contribution in [3.05, 3.63) is 42.2 Å². The maximum absolute atomic E-state index is 11.7. The van der Waals surface area contributed by atoms with Crippen molar-refractivity contribution in [1.29, 1.82) is 0 Å². The largest absolute Gasteiger partial charge is 0.353 e. The fraction of sp³-hybridized carbons (Fsp3) is 0.235. The lowest BCUT2D eigenvalue weighted by molar-refractivity contribution is -0.120. The lowest BCUT2D eigenvalue weighted by Gasteiger charge is -2.28. The molecule has 0 atom stereocenters. The molecule has 1 aliphatic rings. The molecule has 1 aliphatic heterocycles. The van der Waals surface area contributed by atoms with Gasteiger partial charge in [0.2, 0.25) is 5.91 Å². The van der Waals surface area contributed by atoms with Gasteiger partial charge in [-0.1, -0.05) is 30.3 Å². The number of thiophene rings is 1. The molecule has 0 bridgehead atoms. The summed E-state index contributed by atoms with van der Waals surface area (Å²) >= 11 is 1.68. The Labute approximate surface area is 138 Å². The fourth-order valence-electron chi connectivity index (χ4n) is 2.98. The summed E-state index contributed by atoms with van der Waals surface area (Å²) in [7, 11) is 0. The second kappa shape index (κ2) is 5.62. The number of anilines is 1. The Kier molecular flexibility index (Phi) is 3.46. The van der Waals surface area contributed by atoms with E-state index < -0.39 is 0 Å². The molecule has 0 spiro atoms. The third-order valence-corrected chi connectivity index (χ3v) is 5.33. The summed E-state index contributed by atoms with van der Waals surface area (Å²) < 4.78 is 0. The van der Waals surface area contributed by atoms with Crippen LogP contribution in [0.4, 0.5) is 5.82 Å². The van der Waals surface area contributed by atoms with E-state index >= 15 is 0 Å². The highest BCUT2D eigenvalue weighted by Crippen LogP contribution is 2.40. The lowest BCUT2D eigenvalue weighted by atomic mass is 10.1. The number of carbonyl (C=O) groups is 1. The van der Waals surface area contributed by atoms with Gasteiger partial charge >= 0.3 is 0 Å². The van der Waals surface area contributed by atoms with Crippen LogP contribution in [-0.2, 0) is 4.79 Å². The van der Waals surface area contributed by atoms with E-state index in [1.165, 1.54) is 16.0 Å². The quantitative estimate of drug-likeness (QED) is 0.787. The molecule has 3 aromatic rings. The highest BCUT2D eigenvalue weighted by atomic mass is 32.1. The number of hydrogen-bond donors (Lipinski definition) is 1. The van der Waals surface area contributed by atoms with Crippen molar-refractivity contribution in [3.8, 4) is 10.4 Å². The van der Waals surface area contributed by atoms with Gasteiger partial charge in [0.1, 0.15) is 17.0 Å². The number of rotatable bonds is 2. The number of aromatic nitrogens is 2. The zero-order chi connectivity index (χ0) is 15.8. The molecule has 0 unspecified atom stereocenters. The molecule has 6 heteroatoms. The molecule has 1 amide bonds. The van der Waals surface area contributed by atoms with Crippen LogP contribution < -0.4 is 10.2 Å². The van der Waals surface area contributed by atoms with Crippen LogP contribution in [0.25, 0.3) is 20.7 Å². The van der Waals surface area contributed by atoms with E-state index in [9.17, 15) is 4.79 Å². The minimum atomic E-state index is 0.0409. The van der Waals surface area contributed by atoms with Crippen LogP contribution in [-0.4, -0.2) is 35.5 Å². The molecule has 4 rings (SSSR count). The topological polar surface area (TPSA) is 58.1 Å². The minimum absolute atomic E-state index is 0.0409. The van der Waals surface area contributed by atoms with Crippen molar-refractivity contribution >= 4 is 33.3 Å². The van der Waals surface area contributed by atoms with Crippen molar-refractivity contribution in [3.63, 3.8) is 0 Å². The molecule has 0 radical (unpaired) electrons. The molecule has 1 saturated heterocycles. The summed E-state index contributed by atoms with van der Waals surface area (Å²) in [6, 6.07) is 10.3. The molecule has 3 heterocycles. The predicted octanol–water partition coefficient (Wildman–Crippen LogP) is 2.60. The van der Waals surface area contributed by atoms with Crippen molar-refractivity contribution in [2.45, 2.75) is 6.92 Å². The van der Waals surface area contributed by atoms with E-state index in [1.54, 1.807) is 17.7 Å². The number of amides is 1. The zero-order valence-corrected chi connectivity index (χ0v) is 13.6. The molecule has 1 N–H and O–H groups in total. The summed E-state index contributed by atoms with van der Waals surface area (Å²) in [4.78, 5) is 24.8. The third kappa shape index (κ3) is 2.45. The first-order valence-corrected chi connectivity index (χ1v) is 8.37. The predicted molar refractivity (Wildman–Crippen MR) is 92.8 cm³/mol. The summed E-state index contributed by atoms with van der Waals surface area (Å²) in [6.07, 6.45) is 1.59. The van der Waals surface area contributed by atoms with Gasteiger partial charge in [0.15, 0.2) is 0 Å². The van der Waals surface area contributed by atoms with E-state index in [1.807, 2.05) is 23.1 Å². The highest BCUT2D eigenvalue weighted by molar-refractivity contribution is 7.22. The first kappa shape index (κ1) is 14.1. The number of nitrogens with zero attached hydrogens (tertiary/aromatic N) is 3. The molecule has 1 fully saturated rings. The van der Waals surface area contributed by atoms with Crippen LogP contribution in [0.3, 0.4) is 0 Å². The Morgan fingerprint density at radius 2 is 2.04 bits per heavy atom. The molecule has 5 nitrogen and oxygen atoms in total. The van der Waals surface area contributed by atoms with E-state index in [-0.39, 0.29) is 5.91 Å². The highest BCUT2D eigenvalue weighted by Gasteiger charge is 2.23. The third-order valence-electron chi connectivity index (χ3n) is 4.08. The van der Waals surface area contributed by atoms with Crippen LogP contribution in [0, 0.1) is 6.92 Å². The van der Waals surface area contributed by atoms with Crippen LogP contribution in [0.15, 0.2) is 36.7 Å². The molecule has 0 aliphatic carbocycles. The van der Waals surface area contributed by atoms with Gasteiger partial charge in [-0.15, -0.1) is 11.3 Å². The van der Waals surface area contributed by atoms with Crippen molar-refractivity contribution < 1.29 is 4.79 Å². The number of piperazine rings is 1. The smallest absolute Gasteiger partial charge is 0.239 e. The average molecular weight is 324 g/mol. The maximum atomic E-state index is 11.7. The molecule has 23 heavy (non-hydrogen) atoms. The average Bonchev–Trinajstić information content (AvgIpc) is 2.93. The number of hydrogen-bond acceptors (Lipinski definition) is 5. The lowest BCUT2D eigenvalue weighted by Crippen LogP contribution is -2.48. The van der Waals surface area contributed by atoms with Crippen molar-refractivity contribution in [2.24, 2.45) is 0 Å². The summed E-state index contributed by atoms with van der Waals surface area (Å²) in [5.41, 5.74) is 2.37. The molecular weight excluding hydrogens is 308 g/mol. The molecule has 2 aromatic heterocycles. The van der Waals surface area contributed by atoms with Gasteiger partial charge < -0.3 is 10.2 Å². The second-order valence-electron chi connectivity index (χ2n) is 5.57. The van der Waals surface area contributed by atoms with E-state index in [0.717, 1.165) is 22.6 Å². The van der Waals surface area contributed by atoms with Crippen LogP contribution in [0.1, 0.15) is 5.56 Å². The number of nitrogens with one attached hydrogen (secondary N) is 1. The number of benzene rings is 1. The molecule has 116 valence electrons. The van der Waals surface area contributed by atoms with Crippen LogP contribution >= 0.6 is 11.3 Å². The van der Waals surface area contributed by atoms with Gasteiger partial charge in [-0.3, -0.25) is 4.79 Å². The Balaban J connectivity index is 1.87. The first-order valence-electron chi connectivity index (χ1n) is 7.55. The zero-order valence-electron chi connectivity index (χ0n) is 12.7. The van der Waals surface area contributed by atoms with Gasteiger partial charge in [-0.05, 0) is 18.1 Å². The number of aryl methyl sites for hydroxylation is 1. The standard InChI is InChI=1S/C17H16N4OS/c1-11-14-16(21-8-7-18-13(22)9-21)19-10-20-17(14)23-15(11)12-5-3-2-4-6-12/h2-6,10H,7-9H2,1H3,(H,18,22). The van der Waals surface area contributed by atoms with Crippen molar-refractivity contribution in [1.82, 2.24) is 15.3 Å². The normalized spacial score (nSPS) is 15.0. The van der Waals surface area contributed by atoms with Gasteiger partial charge in [0.05, 0.1) is 11.9 Å². The van der Waals surface area contributed by atoms with E-state index in [2.05, 4.69) is 34.3 Å². The van der Waals surface area contributed by atoms with Crippen LogP contribution in [0.2, 0.25) is 0 Å². The van der Waals surface area contributed by atoms with Gasteiger partial charge in [-0.25, -0.2) is 9.97 Å². The molecule has 1 aromatic carbocycles. The maximum Gasteiger partial charge on any atom is 0.239 e. The Morgan fingerprint density at radius 1 is 1.22 bits per heavy atom. The Bertz CT molecular complexity index is 875. The fourth-order valence-corrected chi connectivity index (χ4v) is 4.13. The summed E-state index contributed by atoms with van der Waals surface area (Å²) in [6.45, 7) is 3.88. The molecular formula is C17H16N4OS. The molecule has 0 saturated carbocycles. The first-order chi connectivity index (χ1) is 11.2. The number of fused-ring (bicyclic) bond motifs is 1. The SMILES string of the molecule is Cc1c(-c2ccccc2)sc2ncnc(N3CCNC(=O)C3)c12. The van der Waals surface area contributed by atoms with Crippen molar-refractivity contribution in [2.75, 3.05) is 24.5 Å². The monoisotopic (exact) mass is 324 g/mol. The van der Waals surface area contributed by atoms with Crippen LogP contribution in [0.5, 0.6) is 0 Å². The van der Waals surface area contributed by atoms with E-state index in [4.69, 9.17) is 0 Å². The van der Waals surface area contributed by atoms with Gasteiger partial charge in [0, 0.05) is 18.0 Å². The van der Waals surface area contributed by atoms with Gasteiger partial charge in [0.25, 0.3) is 0 Å². The van der Waals surface area contributed by atoms with E-state index in [0.29, 0.717) is 13.1 Å². The summed E-state index contributed by atoms with van der Waals surface area (Å²) in [5, 5.41) is 3.92. The minimum Gasteiger partial charge on any atom is -0.353 e. The Hall–Kier alpha value is -2.47. The Morgan fingerprint density at radius 3 is 2.83 bits per heavy atom. The number of carbonyl (C=O) groups excluding carboxylic acids is 1. The second-order valence-corrected chi connectivity index (χ2v) is 6.57. The van der Waals surface area contributed by atoms with Gasteiger partial charge in [-0.2, -0.15) is 0 Å².